The van der Waals surface area contributed by atoms with E-state index in [1.54, 1.807) is 11.9 Å². The molecule has 0 saturated carbocycles. The molecule has 1 aromatic heterocycles. The van der Waals surface area contributed by atoms with E-state index in [2.05, 4.69) is 15.8 Å². The zero-order chi connectivity index (χ0) is 24.1. The fourth-order valence-corrected chi connectivity index (χ4v) is 4.07. The predicted octanol–water partition coefficient (Wildman–Crippen LogP) is 3.45. The maximum absolute atomic E-state index is 14.0. The second-order valence-electron chi connectivity index (χ2n) is 8.38. The molecular formula is C25H27ClF2N4O3. The summed E-state index contributed by atoms with van der Waals surface area (Å²) in [6, 6.07) is 13.9. The van der Waals surface area contributed by atoms with Crippen molar-refractivity contribution in [2.75, 3.05) is 26.7 Å². The van der Waals surface area contributed by atoms with Crippen molar-refractivity contribution in [3.8, 4) is 11.3 Å². The van der Waals surface area contributed by atoms with Crippen molar-refractivity contribution in [2.24, 2.45) is 5.92 Å². The highest BCUT2D eigenvalue weighted by Crippen LogP contribution is 2.24. The van der Waals surface area contributed by atoms with Gasteiger partial charge in [0.05, 0.1) is 11.5 Å². The molecule has 1 fully saturated rings. The van der Waals surface area contributed by atoms with Crippen molar-refractivity contribution in [3.05, 3.63) is 77.5 Å². The first-order valence-electron chi connectivity index (χ1n) is 11.1. The lowest BCUT2D eigenvalue weighted by Crippen LogP contribution is -2.55. The molecule has 2 heterocycles. The molecule has 2 N–H and O–H groups in total. The average Bonchev–Trinajstić information content (AvgIpc) is 3.33. The minimum Gasteiger partial charge on any atom is -0.355 e. The number of hydrogen-bond acceptors (Lipinski definition) is 5. The first kappa shape index (κ1) is 26.3. The van der Waals surface area contributed by atoms with Gasteiger partial charge in [0.25, 0.3) is 5.91 Å². The number of halogens is 3. The highest BCUT2D eigenvalue weighted by Gasteiger charge is 2.34. The molecule has 1 saturated heterocycles. The van der Waals surface area contributed by atoms with E-state index in [4.69, 9.17) is 4.52 Å². The van der Waals surface area contributed by atoms with Crippen LogP contribution in [0.15, 0.2) is 59.1 Å². The molecule has 10 heteroatoms. The van der Waals surface area contributed by atoms with Gasteiger partial charge in [-0.25, -0.2) is 8.78 Å². The number of benzene rings is 2. The monoisotopic (exact) mass is 504 g/mol. The van der Waals surface area contributed by atoms with E-state index in [0.29, 0.717) is 26.1 Å². The van der Waals surface area contributed by atoms with Crippen LogP contribution >= 0.6 is 12.4 Å². The number of likely N-dealkylation sites (N-methyl/N-ethyl adjacent to an activating group) is 1. The molecule has 186 valence electrons. The summed E-state index contributed by atoms with van der Waals surface area (Å²) >= 11 is 0. The minimum absolute atomic E-state index is 0. The Hall–Kier alpha value is -3.30. The molecule has 2 atom stereocenters. The van der Waals surface area contributed by atoms with Crippen molar-refractivity contribution in [3.63, 3.8) is 0 Å². The molecule has 1 aliphatic heterocycles. The molecule has 0 bridgehead atoms. The number of amides is 2. The van der Waals surface area contributed by atoms with Gasteiger partial charge in [-0.15, -0.1) is 12.4 Å². The molecule has 1 aliphatic rings. The van der Waals surface area contributed by atoms with E-state index in [9.17, 15) is 18.4 Å². The number of nitrogens with one attached hydrogen (secondary N) is 2. The molecule has 0 aliphatic carbocycles. The van der Waals surface area contributed by atoms with Crippen LogP contribution in [0.4, 0.5) is 8.78 Å². The molecule has 0 spiro atoms. The molecular weight excluding hydrogens is 478 g/mol. The normalized spacial score (nSPS) is 17.3. The summed E-state index contributed by atoms with van der Waals surface area (Å²) in [6.45, 7) is 1.67. The standard InChI is InChI=1S/C25H26F2N4O3.ClH/c1-31(12-10-16-5-3-2-4-6-16)25(33)19-15-28-11-9-21(19)29-24(32)22-14-23(34-30-22)18-8-7-17(26)13-20(18)27;/h2-8,13-14,19,21,28H,9-12,15H2,1H3,(H,29,32);1H/t19-,21-;/m1./s1. The number of aromatic nitrogens is 1. The van der Waals surface area contributed by atoms with Crippen molar-refractivity contribution in [1.82, 2.24) is 20.7 Å². The summed E-state index contributed by atoms with van der Waals surface area (Å²) in [4.78, 5) is 27.6. The molecule has 0 radical (unpaired) electrons. The van der Waals surface area contributed by atoms with Crippen LogP contribution in [0.25, 0.3) is 11.3 Å². The predicted molar refractivity (Wildman–Crippen MR) is 129 cm³/mol. The smallest absolute Gasteiger partial charge is 0.273 e. The third-order valence-corrected chi connectivity index (χ3v) is 6.01. The Bertz CT molecular complexity index is 1160. The lowest BCUT2D eigenvalue weighted by atomic mass is 9.91. The molecule has 2 aromatic carbocycles. The Balaban J connectivity index is 0.00000342. The number of hydrogen-bond donors (Lipinski definition) is 2. The van der Waals surface area contributed by atoms with Crippen molar-refractivity contribution < 1.29 is 22.9 Å². The quantitative estimate of drug-likeness (QED) is 0.514. The minimum atomic E-state index is -0.814. The fraction of sp³-hybridized carbons (Fsp3) is 0.320. The summed E-state index contributed by atoms with van der Waals surface area (Å²) < 4.78 is 32.3. The van der Waals surface area contributed by atoms with Gasteiger partial charge in [0.2, 0.25) is 5.91 Å². The van der Waals surface area contributed by atoms with Gasteiger partial charge in [-0.05, 0) is 37.1 Å². The molecule has 3 aromatic rings. The third-order valence-electron chi connectivity index (χ3n) is 6.01. The highest BCUT2D eigenvalue weighted by atomic mass is 35.5. The van der Waals surface area contributed by atoms with Crippen molar-refractivity contribution in [2.45, 2.75) is 18.9 Å². The lowest BCUT2D eigenvalue weighted by molar-refractivity contribution is -0.135. The summed E-state index contributed by atoms with van der Waals surface area (Å²) in [5.41, 5.74) is 1.11. The first-order chi connectivity index (χ1) is 16.4. The van der Waals surface area contributed by atoms with E-state index >= 15 is 0 Å². The second-order valence-corrected chi connectivity index (χ2v) is 8.38. The topological polar surface area (TPSA) is 87.5 Å². The summed E-state index contributed by atoms with van der Waals surface area (Å²) in [5.74, 6) is -2.52. The van der Waals surface area contributed by atoms with Gasteiger partial charge in [0.1, 0.15) is 11.6 Å². The Morgan fingerprint density at radius 1 is 1.17 bits per heavy atom. The zero-order valence-corrected chi connectivity index (χ0v) is 20.0. The molecule has 0 unspecified atom stereocenters. The van der Waals surface area contributed by atoms with Gasteiger partial charge >= 0.3 is 0 Å². The van der Waals surface area contributed by atoms with Crippen LogP contribution in [0.3, 0.4) is 0 Å². The van der Waals surface area contributed by atoms with Crippen LogP contribution in [0.5, 0.6) is 0 Å². The Kier molecular flexibility index (Phi) is 8.95. The van der Waals surface area contributed by atoms with Gasteiger partial charge < -0.3 is 20.1 Å². The molecule has 2 amide bonds. The summed E-state index contributed by atoms with van der Waals surface area (Å²) in [5, 5.41) is 9.83. The third kappa shape index (κ3) is 6.43. The van der Waals surface area contributed by atoms with Crippen molar-refractivity contribution >= 4 is 24.2 Å². The van der Waals surface area contributed by atoms with Crippen molar-refractivity contribution in [1.29, 1.82) is 0 Å². The van der Waals surface area contributed by atoms with Gasteiger partial charge in [-0.2, -0.15) is 0 Å². The van der Waals surface area contributed by atoms with Gasteiger partial charge in [0, 0.05) is 38.3 Å². The van der Waals surface area contributed by atoms with Crippen LogP contribution < -0.4 is 10.6 Å². The number of nitrogens with zero attached hydrogens (tertiary/aromatic N) is 2. The fourth-order valence-electron chi connectivity index (χ4n) is 4.07. The van der Waals surface area contributed by atoms with E-state index in [1.165, 1.54) is 12.1 Å². The van der Waals surface area contributed by atoms with E-state index in [0.717, 1.165) is 24.1 Å². The van der Waals surface area contributed by atoms with Crippen LogP contribution in [-0.4, -0.2) is 54.6 Å². The SMILES string of the molecule is CN(CCc1ccccc1)C(=O)[C@@H]1CNCC[C@H]1NC(=O)c1cc(-c2ccc(F)cc2F)on1.Cl. The number of piperidine rings is 1. The first-order valence-corrected chi connectivity index (χ1v) is 11.1. The lowest BCUT2D eigenvalue weighted by Gasteiger charge is -2.34. The summed E-state index contributed by atoms with van der Waals surface area (Å²) in [6.07, 6.45) is 1.31. The zero-order valence-electron chi connectivity index (χ0n) is 19.2. The van der Waals surface area contributed by atoms with E-state index in [1.807, 2.05) is 30.3 Å². The molecule has 7 nitrogen and oxygen atoms in total. The van der Waals surface area contributed by atoms with Gasteiger partial charge in [-0.1, -0.05) is 35.5 Å². The highest BCUT2D eigenvalue weighted by molar-refractivity contribution is 5.94. The number of rotatable bonds is 7. The Morgan fingerprint density at radius 3 is 2.69 bits per heavy atom. The van der Waals surface area contributed by atoms with Crippen LogP contribution in [0.2, 0.25) is 0 Å². The average molecular weight is 505 g/mol. The Labute approximate surface area is 208 Å². The number of carbonyl (C=O) groups excluding carboxylic acids is 2. The van der Waals surface area contributed by atoms with Gasteiger partial charge in [-0.3, -0.25) is 9.59 Å². The van der Waals surface area contributed by atoms with Crippen LogP contribution in [-0.2, 0) is 11.2 Å². The maximum atomic E-state index is 14.0. The van der Waals surface area contributed by atoms with Crippen LogP contribution in [0.1, 0.15) is 22.5 Å². The molecule has 35 heavy (non-hydrogen) atoms. The van der Waals surface area contributed by atoms with Crippen LogP contribution in [0, 0.1) is 17.6 Å². The molecule has 4 rings (SSSR count). The van der Waals surface area contributed by atoms with E-state index in [-0.39, 0.29) is 41.4 Å². The Morgan fingerprint density at radius 2 is 1.94 bits per heavy atom. The van der Waals surface area contributed by atoms with Gasteiger partial charge in [0.15, 0.2) is 11.5 Å². The number of carbonyl (C=O) groups is 2. The summed E-state index contributed by atoms with van der Waals surface area (Å²) in [7, 11) is 1.76. The van der Waals surface area contributed by atoms with E-state index < -0.39 is 23.5 Å². The second kappa shape index (κ2) is 11.9. The largest absolute Gasteiger partial charge is 0.355 e. The maximum Gasteiger partial charge on any atom is 0.273 e.